The van der Waals surface area contributed by atoms with E-state index in [9.17, 15) is 9.90 Å². The molecule has 1 atom stereocenters. The summed E-state index contributed by atoms with van der Waals surface area (Å²) in [5, 5.41) is 17.0. The Hall–Kier alpha value is -1.36. The molecule has 0 aliphatic rings. The van der Waals surface area contributed by atoms with Gasteiger partial charge in [-0.05, 0) is 33.3 Å². The first-order chi connectivity index (χ1) is 8.84. The molecule has 1 unspecified atom stereocenters. The molecule has 0 spiro atoms. The zero-order valence-corrected chi connectivity index (χ0v) is 12.4. The number of carbonyl (C=O) groups excluding carboxylic acids is 1. The molecule has 19 heavy (non-hydrogen) atoms. The summed E-state index contributed by atoms with van der Waals surface area (Å²) >= 11 is 0. The summed E-state index contributed by atoms with van der Waals surface area (Å²) < 4.78 is 1.83. The smallest absolute Gasteiger partial charge is 0.221 e. The Kier molecular flexibility index (Phi) is 5.54. The van der Waals surface area contributed by atoms with Crippen LogP contribution in [0, 0.1) is 13.8 Å². The second-order valence-corrected chi connectivity index (χ2v) is 5.42. The van der Waals surface area contributed by atoms with Crippen molar-refractivity contribution in [2.24, 2.45) is 0 Å². The van der Waals surface area contributed by atoms with E-state index in [1.807, 2.05) is 31.5 Å². The van der Waals surface area contributed by atoms with Crippen molar-refractivity contribution in [2.75, 3.05) is 6.54 Å². The summed E-state index contributed by atoms with van der Waals surface area (Å²) in [6.45, 7) is 8.55. The van der Waals surface area contributed by atoms with Crippen LogP contribution in [0.25, 0.3) is 0 Å². The summed E-state index contributed by atoms with van der Waals surface area (Å²) in [4.78, 5) is 11.7. The number of aromatic nitrogens is 2. The Morgan fingerprint density at radius 3 is 2.74 bits per heavy atom. The molecule has 0 aliphatic heterocycles. The third-order valence-corrected chi connectivity index (χ3v) is 3.11. The van der Waals surface area contributed by atoms with Crippen molar-refractivity contribution in [3.63, 3.8) is 0 Å². The van der Waals surface area contributed by atoms with Gasteiger partial charge >= 0.3 is 0 Å². The molecule has 1 amide bonds. The van der Waals surface area contributed by atoms with Crippen LogP contribution in [0.4, 0.5) is 0 Å². The van der Waals surface area contributed by atoms with Crippen molar-refractivity contribution in [1.82, 2.24) is 15.1 Å². The molecule has 1 aromatic rings. The zero-order chi connectivity index (χ0) is 14.5. The number of aryl methyl sites for hydroxylation is 3. The predicted octanol–water partition coefficient (Wildman–Crippen LogP) is 1.56. The number of aliphatic hydroxyl groups is 1. The molecule has 0 radical (unpaired) electrons. The van der Waals surface area contributed by atoms with Gasteiger partial charge in [-0.15, -0.1) is 0 Å². The maximum Gasteiger partial charge on any atom is 0.221 e. The Balaban J connectivity index is 2.34. The number of hydrogen-bond acceptors (Lipinski definition) is 3. The predicted molar refractivity (Wildman–Crippen MR) is 74.9 cm³/mol. The number of hydrogen-bond donors (Lipinski definition) is 2. The Morgan fingerprint density at radius 1 is 1.53 bits per heavy atom. The maximum atomic E-state index is 11.7. The van der Waals surface area contributed by atoms with Crippen LogP contribution in [0.1, 0.15) is 44.5 Å². The van der Waals surface area contributed by atoms with E-state index in [4.69, 9.17) is 0 Å². The van der Waals surface area contributed by atoms with E-state index in [0.717, 1.165) is 17.8 Å². The van der Waals surface area contributed by atoms with Crippen LogP contribution in [-0.2, 0) is 11.3 Å². The molecule has 5 heteroatoms. The van der Waals surface area contributed by atoms with Gasteiger partial charge in [0.1, 0.15) is 0 Å². The first-order valence-electron chi connectivity index (χ1n) is 6.84. The van der Waals surface area contributed by atoms with Crippen LogP contribution in [0.5, 0.6) is 0 Å². The lowest BCUT2D eigenvalue weighted by atomic mass is 10.0. The summed E-state index contributed by atoms with van der Waals surface area (Å²) in [5.41, 5.74) is 1.20. The summed E-state index contributed by atoms with van der Waals surface area (Å²) in [5.74, 6) is -0.0519. The molecule has 5 nitrogen and oxygen atoms in total. The molecular weight excluding hydrogens is 242 g/mol. The third-order valence-electron chi connectivity index (χ3n) is 3.11. The lowest BCUT2D eigenvalue weighted by molar-refractivity contribution is -0.122. The van der Waals surface area contributed by atoms with E-state index in [1.54, 1.807) is 6.92 Å². The lowest BCUT2D eigenvalue weighted by Gasteiger charge is -2.22. The highest BCUT2D eigenvalue weighted by Crippen LogP contribution is 2.10. The van der Waals surface area contributed by atoms with Crippen LogP contribution in [0.2, 0.25) is 0 Å². The summed E-state index contributed by atoms with van der Waals surface area (Å²) in [7, 11) is 0. The highest BCUT2D eigenvalue weighted by atomic mass is 16.3. The fraction of sp³-hybridized carbons (Fsp3) is 0.714. The monoisotopic (exact) mass is 267 g/mol. The molecule has 2 N–H and O–H groups in total. The standard InChI is InChI=1S/C14H25N3O2/c1-5-7-14(4,19)10-15-13(18)6-8-17-12(3)9-11(2)16-17/h9,19H,5-8,10H2,1-4H3,(H,15,18). The molecule has 0 aliphatic carbocycles. The average Bonchev–Trinajstić information content (AvgIpc) is 2.63. The van der Waals surface area contributed by atoms with E-state index in [2.05, 4.69) is 10.4 Å². The number of nitrogens with zero attached hydrogens (tertiary/aromatic N) is 2. The second-order valence-electron chi connectivity index (χ2n) is 5.42. The number of amides is 1. The van der Waals surface area contributed by atoms with Crippen molar-refractivity contribution in [1.29, 1.82) is 0 Å². The summed E-state index contributed by atoms with van der Waals surface area (Å²) in [6.07, 6.45) is 1.96. The highest BCUT2D eigenvalue weighted by molar-refractivity contribution is 5.75. The van der Waals surface area contributed by atoms with Gasteiger partial charge in [0.25, 0.3) is 0 Å². The molecule has 108 valence electrons. The molecule has 1 rings (SSSR count). The van der Waals surface area contributed by atoms with Crippen LogP contribution in [0.15, 0.2) is 6.07 Å². The Morgan fingerprint density at radius 2 is 2.21 bits per heavy atom. The Labute approximate surface area is 115 Å². The van der Waals surface area contributed by atoms with Gasteiger partial charge in [0.15, 0.2) is 0 Å². The third kappa shape index (κ3) is 5.42. The second kappa shape index (κ2) is 6.70. The minimum absolute atomic E-state index is 0.0519. The molecule has 0 aromatic carbocycles. The van der Waals surface area contributed by atoms with Gasteiger partial charge in [-0.2, -0.15) is 5.10 Å². The van der Waals surface area contributed by atoms with Gasteiger partial charge < -0.3 is 10.4 Å². The highest BCUT2D eigenvalue weighted by Gasteiger charge is 2.19. The topological polar surface area (TPSA) is 67.2 Å². The lowest BCUT2D eigenvalue weighted by Crippen LogP contribution is -2.40. The summed E-state index contributed by atoms with van der Waals surface area (Å²) in [6, 6.07) is 1.99. The average molecular weight is 267 g/mol. The van der Waals surface area contributed by atoms with E-state index >= 15 is 0 Å². The van der Waals surface area contributed by atoms with Crippen LogP contribution in [-0.4, -0.2) is 32.9 Å². The van der Waals surface area contributed by atoms with Gasteiger partial charge in [-0.25, -0.2) is 0 Å². The number of nitrogens with one attached hydrogen (secondary N) is 1. The van der Waals surface area contributed by atoms with Crippen LogP contribution in [0.3, 0.4) is 0 Å². The van der Waals surface area contributed by atoms with E-state index in [1.165, 1.54) is 0 Å². The molecule has 1 heterocycles. The van der Waals surface area contributed by atoms with Crippen molar-refractivity contribution < 1.29 is 9.90 Å². The zero-order valence-electron chi connectivity index (χ0n) is 12.4. The van der Waals surface area contributed by atoms with Crippen molar-refractivity contribution in [2.45, 2.75) is 59.1 Å². The largest absolute Gasteiger partial charge is 0.388 e. The fourth-order valence-electron chi connectivity index (χ4n) is 2.11. The van der Waals surface area contributed by atoms with Crippen molar-refractivity contribution in [3.8, 4) is 0 Å². The van der Waals surface area contributed by atoms with Gasteiger partial charge in [0.05, 0.1) is 11.3 Å². The van der Waals surface area contributed by atoms with Crippen LogP contribution < -0.4 is 5.32 Å². The minimum Gasteiger partial charge on any atom is -0.388 e. The van der Waals surface area contributed by atoms with Gasteiger partial charge in [-0.1, -0.05) is 13.3 Å². The molecular formula is C14H25N3O2. The normalized spacial score (nSPS) is 14.2. The van der Waals surface area contributed by atoms with Crippen LogP contribution >= 0.6 is 0 Å². The first-order valence-corrected chi connectivity index (χ1v) is 6.84. The molecule has 0 fully saturated rings. The molecule has 1 aromatic heterocycles. The Bertz CT molecular complexity index is 424. The van der Waals surface area contributed by atoms with E-state index in [0.29, 0.717) is 25.9 Å². The SMILES string of the molecule is CCCC(C)(O)CNC(=O)CCn1nc(C)cc1C. The number of rotatable bonds is 7. The molecule has 0 bridgehead atoms. The first kappa shape index (κ1) is 15.7. The maximum absolute atomic E-state index is 11.7. The molecule has 0 saturated heterocycles. The van der Waals surface area contributed by atoms with Gasteiger partial charge in [-0.3, -0.25) is 9.48 Å². The molecule has 0 saturated carbocycles. The quantitative estimate of drug-likeness (QED) is 0.788. The van der Waals surface area contributed by atoms with Gasteiger partial charge in [0.2, 0.25) is 5.91 Å². The number of carbonyl (C=O) groups is 1. The van der Waals surface area contributed by atoms with Gasteiger partial charge in [0, 0.05) is 25.2 Å². The van der Waals surface area contributed by atoms with Crippen molar-refractivity contribution >= 4 is 5.91 Å². The van der Waals surface area contributed by atoms with Crippen molar-refractivity contribution in [3.05, 3.63) is 17.5 Å². The fourth-order valence-corrected chi connectivity index (χ4v) is 2.11. The van der Waals surface area contributed by atoms with E-state index in [-0.39, 0.29) is 5.91 Å². The minimum atomic E-state index is -0.817. The van der Waals surface area contributed by atoms with E-state index < -0.39 is 5.60 Å².